The summed E-state index contributed by atoms with van der Waals surface area (Å²) in [6, 6.07) is 0. The third-order valence-electron chi connectivity index (χ3n) is 3.46. The molecule has 94 valence electrons. The topological polar surface area (TPSA) is 52.6 Å². The predicted octanol–water partition coefficient (Wildman–Crippen LogP) is 0.607. The molecule has 16 heavy (non-hydrogen) atoms. The van der Waals surface area contributed by atoms with Gasteiger partial charge in [0.15, 0.2) is 0 Å². The number of nitrogens with one attached hydrogen (secondary N) is 1. The number of carbonyl (C=O) groups is 1. The molecule has 2 N–H and O–H groups in total. The van der Waals surface area contributed by atoms with Crippen LogP contribution in [-0.4, -0.2) is 48.7 Å². The Hall–Kier alpha value is -0.610. The summed E-state index contributed by atoms with van der Waals surface area (Å²) in [6.45, 7) is 7.01. The third kappa shape index (κ3) is 2.74. The molecule has 0 saturated carbocycles. The van der Waals surface area contributed by atoms with Crippen LogP contribution in [0.2, 0.25) is 0 Å². The fraction of sp³-hybridized carbons (Fsp3) is 0.917. The van der Waals surface area contributed by atoms with E-state index in [1.807, 2.05) is 6.92 Å². The van der Waals surface area contributed by atoms with Gasteiger partial charge in [-0.1, -0.05) is 13.3 Å². The summed E-state index contributed by atoms with van der Waals surface area (Å²) in [5, 5.41) is 12.3. The van der Waals surface area contributed by atoms with Gasteiger partial charge in [-0.25, -0.2) is 0 Å². The van der Waals surface area contributed by atoms with Crippen molar-refractivity contribution in [2.75, 3.05) is 32.8 Å². The Balaban J connectivity index is 2.73. The number of nitrogens with zero attached hydrogens (tertiary/aromatic N) is 1. The molecule has 0 aromatic heterocycles. The molecule has 1 unspecified atom stereocenters. The van der Waals surface area contributed by atoms with E-state index in [0.717, 1.165) is 32.4 Å². The van der Waals surface area contributed by atoms with Crippen LogP contribution in [0.3, 0.4) is 0 Å². The van der Waals surface area contributed by atoms with Gasteiger partial charge in [0.25, 0.3) is 0 Å². The van der Waals surface area contributed by atoms with Gasteiger partial charge in [-0.2, -0.15) is 0 Å². The lowest BCUT2D eigenvalue weighted by atomic mass is 9.81. The van der Waals surface area contributed by atoms with Crippen LogP contribution < -0.4 is 5.32 Å². The molecular weight excluding hydrogens is 204 g/mol. The van der Waals surface area contributed by atoms with Crippen LogP contribution in [0.25, 0.3) is 0 Å². The molecule has 1 fully saturated rings. The number of aliphatic hydroxyl groups excluding tert-OH is 1. The van der Waals surface area contributed by atoms with Crippen molar-refractivity contribution in [1.82, 2.24) is 10.2 Å². The second-order valence-corrected chi connectivity index (χ2v) is 4.57. The summed E-state index contributed by atoms with van der Waals surface area (Å²) in [5.74, 6) is 0.218. The average molecular weight is 228 g/mol. The van der Waals surface area contributed by atoms with Gasteiger partial charge in [0, 0.05) is 19.6 Å². The lowest BCUT2D eigenvalue weighted by Crippen LogP contribution is -2.46. The minimum atomic E-state index is -0.208. The Morgan fingerprint density at radius 3 is 2.69 bits per heavy atom. The van der Waals surface area contributed by atoms with Gasteiger partial charge >= 0.3 is 0 Å². The van der Waals surface area contributed by atoms with Gasteiger partial charge in [-0.15, -0.1) is 0 Å². The summed E-state index contributed by atoms with van der Waals surface area (Å²) in [6.07, 6.45) is 2.91. The van der Waals surface area contributed by atoms with E-state index >= 15 is 0 Å². The minimum Gasteiger partial charge on any atom is -0.395 e. The maximum absolute atomic E-state index is 12.5. The molecule has 1 atom stereocenters. The van der Waals surface area contributed by atoms with Crippen LogP contribution in [0, 0.1) is 5.41 Å². The number of likely N-dealkylation sites (N-methyl/N-ethyl adjacent to an activating group) is 1. The monoisotopic (exact) mass is 228 g/mol. The van der Waals surface area contributed by atoms with E-state index in [0.29, 0.717) is 13.1 Å². The van der Waals surface area contributed by atoms with E-state index in [1.54, 1.807) is 4.90 Å². The summed E-state index contributed by atoms with van der Waals surface area (Å²) in [4.78, 5) is 14.2. The zero-order valence-electron chi connectivity index (χ0n) is 10.5. The molecule has 0 aliphatic carbocycles. The molecule has 1 aliphatic heterocycles. The zero-order valence-corrected chi connectivity index (χ0v) is 10.5. The Morgan fingerprint density at radius 2 is 2.25 bits per heavy atom. The molecule has 0 aromatic carbocycles. The highest BCUT2D eigenvalue weighted by atomic mass is 16.3. The molecule has 0 radical (unpaired) electrons. The number of aliphatic hydroxyl groups is 1. The second-order valence-electron chi connectivity index (χ2n) is 4.57. The summed E-state index contributed by atoms with van der Waals surface area (Å²) >= 11 is 0. The molecule has 1 rings (SSSR count). The van der Waals surface area contributed by atoms with Crippen molar-refractivity contribution >= 4 is 5.91 Å². The number of carbonyl (C=O) groups excluding carboxylic acids is 1. The van der Waals surface area contributed by atoms with Crippen LogP contribution >= 0.6 is 0 Å². The molecule has 4 nitrogen and oxygen atoms in total. The molecule has 0 bridgehead atoms. The largest absolute Gasteiger partial charge is 0.395 e. The number of rotatable bonds is 6. The Bertz CT molecular complexity index is 225. The van der Waals surface area contributed by atoms with Crippen molar-refractivity contribution in [3.8, 4) is 0 Å². The lowest BCUT2D eigenvalue weighted by Gasteiger charge is -2.33. The van der Waals surface area contributed by atoms with Crippen molar-refractivity contribution < 1.29 is 9.90 Å². The highest BCUT2D eigenvalue weighted by Crippen LogP contribution is 2.33. The smallest absolute Gasteiger partial charge is 0.230 e. The summed E-state index contributed by atoms with van der Waals surface area (Å²) in [5.41, 5.74) is -0.208. The third-order valence-corrected chi connectivity index (χ3v) is 3.46. The van der Waals surface area contributed by atoms with Gasteiger partial charge in [0.2, 0.25) is 5.91 Å². The normalized spacial score (nSPS) is 24.7. The highest BCUT2D eigenvalue weighted by Gasteiger charge is 2.42. The predicted molar refractivity (Wildman–Crippen MR) is 64.2 cm³/mol. The van der Waals surface area contributed by atoms with Crippen molar-refractivity contribution in [2.24, 2.45) is 5.41 Å². The fourth-order valence-electron chi connectivity index (χ4n) is 2.58. The number of hydrogen-bond acceptors (Lipinski definition) is 3. The van der Waals surface area contributed by atoms with Crippen molar-refractivity contribution in [1.29, 1.82) is 0 Å². The maximum atomic E-state index is 12.5. The minimum absolute atomic E-state index is 0.0508. The molecule has 4 heteroatoms. The van der Waals surface area contributed by atoms with Crippen LogP contribution in [0.15, 0.2) is 0 Å². The maximum Gasteiger partial charge on any atom is 0.230 e. The summed E-state index contributed by atoms with van der Waals surface area (Å²) in [7, 11) is 0. The fourth-order valence-corrected chi connectivity index (χ4v) is 2.58. The molecular formula is C12H24N2O2. The average Bonchev–Trinajstić information content (AvgIpc) is 2.75. The van der Waals surface area contributed by atoms with Crippen molar-refractivity contribution in [2.45, 2.75) is 33.1 Å². The second kappa shape index (κ2) is 6.21. The van der Waals surface area contributed by atoms with Crippen LogP contribution in [0.4, 0.5) is 0 Å². The molecule has 1 aliphatic rings. The van der Waals surface area contributed by atoms with Gasteiger partial charge in [-0.3, -0.25) is 4.79 Å². The molecule has 0 aromatic rings. The van der Waals surface area contributed by atoms with Crippen LogP contribution in [-0.2, 0) is 4.79 Å². The van der Waals surface area contributed by atoms with Gasteiger partial charge in [0.05, 0.1) is 12.0 Å². The van der Waals surface area contributed by atoms with E-state index in [4.69, 9.17) is 5.11 Å². The quantitative estimate of drug-likeness (QED) is 0.700. The Kier molecular flexibility index (Phi) is 5.22. The van der Waals surface area contributed by atoms with Gasteiger partial charge in [-0.05, 0) is 26.3 Å². The highest BCUT2D eigenvalue weighted by molar-refractivity contribution is 5.83. The molecule has 0 spiro atoms. The molecule has 1 saturated heterocycles. The van der Waals surface area contributed by atoms with Crippen LogP contribution in [0.1, 0.15) is 33.1 Å². The zero-order chi connectivity index (χ0) is 12.0. The van der Waals surface area contributed by atoms with E-state index in [2.05, 4.69) is 12.2 Å². The van der Waals surface area contributed by atoms with E-state index in [-0.39, 0.29) is 17.9 Å². The van der Waals surface area contributed by atoms with Gasteiger partial charge in [0.1, 0.15) is 0 Å². The van der Waals surface area contributed by atoms with Crippen LogP contribution in [0.5, 0.6) is 0 Å². The summed E-state index contributed by atoms with van der Waals surface area (Å²) < 4.78 is 0. The number of hydrogen-bond donors (Lipinski definition) is 2. The Labute approximate surface area is 98.0 Å². The Morgan fingerprint density at radius 1 is 1.50 bits per heavy atom. The van der Waals surface area contributed by atoms with Crippen molar-refractivity contribution in [3.63, 3.8) is 0 Å². The first-order valence-electron chi connectivity index (χ1n) is 6.31. The van der Waals surface area contributed by atoms with E-state index in [1.165, 1.54) is 0 Å². The molecule has 1 amide bonds. The number of amides is 1. The van der Waals surface area contributed by atoms with Gasteiger partial charge < -0.3 is 15.3 Å². The standard InChI is InChI=1S/C12H24N2O2/c1-3-5-12(6-7-13-10-12)11(16)14(4-2)8-9-15/h13,15H,3-10H2,1-2H3. The SMILES string of the molecule is CCCC1(C(=O)N(CC)CCO)CCNC1. The lowest BCUT2D eigenvalue weighted by molar-refractivity contribution is -0.142. The first kappa shape index (κ1) is 13.5. The first-order valence-corrected chi connectivity index (χ1v) is 6.31. The molecule has 1 heterocycles. The van der Waals surface area contributed by atoms with E-state index < -0.39 is 0 Å². The first-order chi connectivity index (χ1) is 7.70. The van der Waals surface area contributed by atoms with E-state index in [9.17, 15) is 4.79 Å². The van der Waals surface area contributed by atoms with Crippen molar-refractivity contribution in [3.05, 3.63) is 0 Å².